The Balaban J connectivity index is 1.67. The van der Waals surface area contributed by atoms with Crippen molar-refractivity contribution in [3.8, 4) is 0 Å². The van der Waals surface area contributed by atoms with Crippen LogP contribution in [-0.4, -0.2) is 52.5 Å². The van der Waals surface area contributed by atoms with Crippen LogP contribution in [0.25, 0.3) is 0 Å². The second-order valence-corrected chi connectivity index (χ2v) is 6.68. The van der Waals surface area contributed by atoms with Gasteiger partial charge >= 0.3 is 5.97 Å². The molecule has 1 atom stereocenters. The summed E-state index contributed by atoms with van der Waals surface area (Å²) in [5.74, 6) is 0.111. The molecule has 24 heavy (non-hydrogen) atoms. The molecule has 2 fully saturated rings. The van der Waals surface area contributed by atoms with E-state index in [9.17, 15) is 9.59 Å². The first-order valence-corrected chi connectivity index (χ1v) is 8.89. The number of hydrogen-bond acceptors (Lipinski definition) is 4. The Kier molecular flexibility index (Phi) is 5.33. The van der Waals surface area contributed by atoms with Crippen LogP contribution in [0.1, 0.15) is 55.3 Å². The van der Waals surface area contributed by atoms with Gasteiger partial charge in [-0.3, -0.25) is 9.59 Å². The minimum absolute atomic E-state index is 0.0226. The number of aliphatic carboxylic acids is 1. The quantitative estimate of drug-likeness (QED) is 0.897. The Bertz CT molecular complexity index is 582. The SMILES string of the molecule is O=C(O)CCC1CCCCN1C(=O)c1ccc(N2CCCC2)nc1. The molecule has 2 saturated heterocycles. The molecule has 1 aromatic heterocycles. The first-order chi connectivity index (χ1) is 11.6. The van der Waals surface area contributed by atoms with Crippen LogP contribution >= 0.6 is 0 Å². The number of hydrogen-bond donors (Lipinski definition) is 1. The number of rotatable bonds is 5. The molecule has 3 rings (SSSR count). The number of carboxylic acid groups (broad SMARTS) is 1. The highest BCUT2D eigenvalue weighted by atomic mass is 16.4. The van der Waals surface area contributed by atoms with Crippen molar-refractivity contribution >= 4 is 17.7 Å². The molecule has 2 aliphatic heterocycles. The monoisotopic (exact) mass is 331 g/mol. The summed E-state index contributed by atoms with van der Waals surface area (Å²) in [7, 11) is 0. The summed E-state index contributed by atoms with van der Waals surface area (Å²) < 4.78 is 0. The van der Waals surface area contributed by atoms with Crippen molar-refractivity contribution in [2.45, 2.75) is 51.0 Å². The summed E-state index contributed by atoms with van der Waals surface area (Å²) in [5, 5.41) is 8.90. The van der Waals surface area contributed by atoms with Crippen LogP contribution in [0, 0.1) is 0 Å². The van der Waals surface area contributed by atoms with Crippen molar-refractivity contribution in [1.29, 1.82) is 0 Å². The van der Waals surface area contributed by atoms with E-state index in [-0.39, 0.29) is 18.4 Å². The number of aromatic nitrogens is 1. The molecule has 2 aliphatic rings. The third kappa shape index (κ3) is 3.86. The average molecular weight is 331 g/mol. The largest absolute Gasteiger partial charge is 0.481 e. The number of carbonyl (C=O) groups excluding carboxylic acids is 1. The molecule has 0 saturated carbocycles. The summed E-state index contributed by atoms with van der Waals surface area (Å²) in [6.07, 6.45) is 7.62. The van der Waals surface area contributed by atoms with E-state index >= 15 is 0 Å². The Labute approximate surface area is 142 Å². The predicted octanol–water partition coefficient (Wildman–Crippen LogP) is 2.54. The smallest absolute Gasteiger partial charge is 0.303 e. The Hall–Kier alpha value is -2.11. The average Bonchev–Trinajstić information content (AvgIpc) is 3.14. The van der Waals surface area contributed by atoms with Crippen LogP contribution in [0.2, 0.25) is 0 Å². The van der Waals surface area contributed by atoms with Crippen LogP contribution < -0.4 is 4.90 Å². The molecule has 6 heteroatoms. The minimum Gasteiger partial charge on any atom is -0.481 e. The van der Waals surface area contributed by atoms with E-state index in [4.69, 9.17) is 5.11 Å². The van der Waals surface area contributed by atoms with E-state index in [0.29, 0.717) is 18.5 Å². The third-order valence-electron chi connectivity index (χ3n) is 5.00. The molecule has 0 radical (unpaired) electrons. The molecule has 1 unspecified atom stereocenters. The number of carbonyl (C=O) groups is 2. The Morgan fingerprint density at radius 3 is 2.54 bits per heavy atom. The van der Waals surface area contributed by atoms with Gasteiger partial charge in [0.15, 0.2) is 0 Å². The highest BCUT2D eigenvalue weighted by molar-refractivity contribution is 5.94. The van der Waals surface area contributed by atoms with Crippen molar-refractivity contribution in [2.75, 3.05) is 24.5 Å². The topological polar surface area (TPSA) is 73.7 Å². The molecule has 1 amide bonds. The van der Waals surface area contributed by atoms with E-state index in [1.807, 2.05) is 17.0 Å². The molecule has 0 spiro atoms. The lowest BCUT2D eigenvalue weighted by atomic mass is 9.97. The van der Waals surface area contributed by atoms with Gasteiger partial charge < -0.3 is 14.9 Å². The first-order valence-electron chi connectivity index (χ1n) is 8.89. The fourth-order valence-electron chi connectivity index (χ4n) is 3.67. The fraction of sp³-hybridized carbons (Fsp3) is 0.611. The van der Waals surface area contributed by atoms with Crippen molar-refractivity contribution in [1.82, 2.24) is 9.88 Å². The molecule has 3 heterocycles. The van der Waals surface area contributed by atoms with Gasteiger partial charge in [-0.15, -0.1) is 0 Å². The summed E-state index contributed by atoms with van der Waals surface area (Å²) >= 11 is 0. The summed E-state index contributed by atoms with van der Waals surface area (Å²) in [6.45, 7) is 2.77. The molecule has 130 valence electrons. The second kappa shape index (κ2) is 7.64. The number of piperidine rings is 1. The molecule has 0 bridgehead atoms. The molecule has 6 nitrogen and oxygen atoms in total. The van der Waals surface area contributed by atoms with Gasteiger partial charge in [0.05, 0.1) is 5.56 Å². The number of nitrogens with zero attached hydrogens (tertiary/aromatic N) is 3. The summed E-state index contributed by atoms with van der Waals surface area (Å²) in [5.41, 5.74) is 0.597. The first kappa shape index (κ1) is 16.7. The number of pyridine rings is 1. The molecule has 0 aliphatic carbocycles. The van der Waals surface area contributed by atoms with Gasteiger partial charge in [-0.1, -0.05) is 0 Å². The maximum absolute atomic E-state index is 12.8. The lowest BCUT2D eigenvalue weighted by molar-refractivity contribution is -0.137. The van der Waals surface area contributed by atoms with Gasteiger partial charge in [-0.05, 0) is 50.7 Å². The third-order valence-corrected chi connectivity index (χ3v) is 5.00. The number of anilines is 1. The predicted molar refractivity (Wildman–Crippen MR) is 91.2 cm³/mol. The lowest BCUT2D eigenvalue weighted by Gasteiger charge is -2.35. The van der Waals surface area contributed by atoms with Crippen LogP contribution in [0.15, 0.2) is 18.3 Å². The van der Waals surface area contributed by atoms with E-state index in [1.165, 1.54) is 12.8 Å². The number of likely N-dealkylation sites (tertiary alicyclic amines) is 1. The van der Waals surface area contributed by atoms with Gasteiger partial charge in [0.1, 0.15) is 5.82 Å². The lowest BCUT2D eigenvalue weighted by Crippen LogP contribution is -2.44. The second-order valence-electron chi connectivity index (χ2n) is 6.68. The molecule has 0 aromatic carbocycles. The highest BCUT2D eigenvalue weighted by Gasteiger charge is 2.28. The van der Waals surface area contributed by atoms with Crippen LogP contribution in [0.3, 0.4) is 0 Å². The highest BCUT2D eigenvalue weighted by Crippen LogP contribution is 2.24. The van der Waals surface area contributed by atoms with Gasteiger partial charge in [-0.2, -0.15) is 0 Å². The van der Waals surface area contributed by atoms with Crippen molar-refractivity contribution in [3.05, 3.63) is 23.9 Å². The molecule has 1 N–H and O–H groups in total. The maximum Gasteiger partial charge on any atom is 0.303 e. The molecular formula is C18H25N3O3. The van der Waals surface area contributed by atoms with Crippen molar-refractivity contribution in [3.63, 3.8) is 0 Å². The minimum atomic E-state index is -0.801. The molecular weight excluding hydrogens is 306 g/mol. The van der Waals surface area contributed by atoms with Crippen LogP contribution in [0.5, 0.6) is 0 Å². The van der Waals surface area contributed by atoms with Gasteiger partial charge in [-0.25, -0.2) is 4.98 Å². The van der Waals surface area contributed by atoms with Crippen molar-refractivity contribution < 1.29 is 14.7 Å². The van der Waals surface area contributed by atoms with Gasteiger partial charge in [0, 0.05) is 38.3 Å². The van der Waals surface area contributed by atoms with E-state index < -0.39 is 5.97 Å². The molecule has 1 aromatic rings. The van der Waals surface area contributed by atoms with Crippen molar-refractivity contribution in [2.24, 2.45) is 0 Å². The standard InChI is InChI=1S/C18H25N3O3/c22-17(23)9-7-15-5-1-2-12-21(15)18(24)14-6-8-16(19-13-14)20-10-3-4-11-20/h6,8,13,15H,1-5,7,9-12H2,(H,22,23). The number of amides is 1. The van der Waals surface area contributed by atoms with E-state index in [2.05, 4.69) is 9.88 Å². The normalized spacial score (nSPS) is 21.1. The van der Waals surface area contributed by atoms with E-state index in [0.717, 1.165) is 38.2 Å². The zero-order valence-electron chi connectivity index (χ0n) is 14.0. The van der Waals surface area contributed by atoms with Crippen LogP contribution in [0.4, 0.5) is 5.82 Å². The summed E-state index contributed by atoms with van der Waals surface area (Å²) in [6, 6.07) is 3.81. The zero-order chi connectivity index (χ0) is 16.9. The van der Waals surface area contributed by atoms with Gasteiger partial charge in [0.25, 0.3) is 5.91 Å². The fourth-order valence-corrected chi connectivity index (χ4v) is 3.67. The summed E-state index contributed by atoms with van der Waals surface area (Å²) in [4.78, 5) is 32.2. The number of carboxylic acids is 1. The Morgan fingerprint density at radius 2 is 1.88 bits per heavy atom. The van der Waals surface area contributed by atoms with Crippen LogP contribution in [-0.2, 0) is 4.79 Å². The van der Waals surface area contributed by atoms with E-state index in [1.54, 1.807) is 6.20 Å². The Morgan fingerprint density at radius 1 is 1.12 bits per heavy atom. The van der Waals surface area contributed by atoms with Gasteiger partial charge in [0.2, 0.25) is 0 Å². The maximum atomic E-state index is 12.8. The zero-order valence-corrected chi connectivity index (χ0v) is 14.0.